The fourth-order valence-electron chi connectivity index (χ4n) is 4.14. The van der Waals surface area contributed by atoms with E-state index in [1.807, 2.05) is 0 Å². The SMILES string of the molecule is COc1cc2c(cc1C1=CCN(C)CCC1)N=C(N)C21CCC1. The van der Waals surface area contributed by atoms with Crippen LogP contribution < -0.4 is 10.5 Å². The van der Waals surface area contributed by atoms with Crippen LogP contribution in [0.15, 0.2) is 23.2 Å². The highest BCUT2D eigenvalue weighted by molar-refractivity contribution is 6.00. The first-order valence-electron chi connectivity index (χ1n) is 8.59. The molecule has 1 spiro atoms. The summed E-state index contributed by atoms with van der Waals surface area (Å²) in [5, 5.41) is 0. The van der Waals surface area contributed by atoms with Gasteiger partial charge in [0, 0.05) is 12.1 Å². The molecule has 0 amide bonds. The van der Waals surface area contributed by atoms with Crippen molar-refractivity contribution in [2.24, 2.45) is 10.7 Å². The largest absolute Gasteiger partial charge is 0.496 e. The Morgan fingerprint density at radius 1 is 1.26 bits per heavy atom. The van der Waals surface area contributed by atoms with E-state index in [0.29, 0.717) is 0 Å². The molecule has 122 valence electrons. The highest BCUT2D eigenvalue weighted by atomic mass is 16.5. The van der Waals surface area contributed by atoms with Crippen molar-refractivity contribution in [3.63, 3.8) is 0 Å². The summed E-state index contributed by atoms with van der Waals surface area (Å²) in [6.45, 7) is 2.13. The number of rotatable bonds is 2. The van der Waals surface area contributed by atoms with E-state index in [-0.39, 0.29) is 5.41 Å². The van der Waals surface area contributed by atoms with Gasteiger partial charge in [0.15, 0.2) is 0 Å². The maximum Gasteiger partial charge on any atom is 0.126 e. The molecule has 4 heteroatoms. The molecule has 0 unspecified atom stereocenters. The minimum atomic E-state index is -0.000798. The van der Waals surface area contributed by atoms with Crippen LogP contribution in [0.3, 0.4) is 0 Å². The number of methoxy groups -OCH3 is 1. The topological polar surface area (TPSA) is 50.8 Å². The Labute approximate surface area is 138 Å². The van der Waals surface area contributed by atoms with Gasteiger partial charge in [0.2, 0.25) is 0 Å². The smallest absolute Gasteiger partial charge is 0.126 e. The Morgan fingerprint density at radius 2 is 2.09 bits per heavy atom. The van der Waals surface area contributed by atoms with E-state index in [9.17, 15) is 0 Å². The van der Waals surface area contributed by atoms with Gasteiger partial charge in [0.05, 0.1) is 18.2 Å². The van der Waals surface area contributed by atoms with Crippen LogP contribution in [0.25, 0.3) is 5.57 Å². The Balaban J connectivity index is 1.79. The van der Waals surface area contributed by atoms with Crippen molar-refractivity contribution in [1.82, 2.24) is 4.90 Å². The molecular weight excluding hydrogens is 286 g/mol. The molecule has 0 aromatic heterocycles. The summed E-state index contributed by atoms with van der Waals surface area (Å²) in [7, 11) is 3.94. The number of ether oxygens (including phenoxy) is 1. The van der Waals surface area contributed by atoms with Gasteiger partial charge in [-0.1, -0.05) is 12.5 Å². The van der Waals surface area contributed by atoms with Gasteiger partial charge in [0.25, 0.3) is 0 Å². The summed E-state index contributed by atoms with van der Waals surface area (Å²) in [6, 6.07) is 4.40. The zero-order valence-corrected chi connectivity index (χ0v) is 14.1. The van der Waals surface area contributed by atoms with Gasteiger partial charge in [-0.2, -0.15) is 0 Å². The first kappa shape index (κ1) is 14.8. The molecule has 4 rings (SSSR count). The van der Waals surface area contributed by atoms with Crippen LogP contribution in [0.5, 0.6) is 5.75 Å². The van der Waals surface area contributed by atoms with Crippen molar-refractivity contribution in [1.29, 1.82) is 0 Å². The predicted molar refractivity (Wildman–Crippen MR) is 94.5 cm³/mol. The fraction of sp³-hybridized carbons (Fsp3) is 0.526. The third-order valence-corrected chi connectivity index (χ3v) is 5.75. The maximum absolute atomic E-state index is 6.28. The molecule has 0 bridgehead atoms. The molecule has 4 nitrogen and oxygen atoms in total. The third kappa shape index (κ3) is 2.19. The zero-order chi connectivity index (χ0) is 16.0. The number of likely N-dealkylation sites (N-methyl/N-ethyl adjacent to an activating group) is 1. The second kappa shape index (κ2) is 5.38. The summed E-state index contributed by atoms with van der Waals surface area (Å²) in [5.41, 5.74) is 11.2. The van der Waals surface area contributed by atoms with Crippen molar-refractivity contribution < 1.29 is 4.74 Å². The monoisotopic (exact) mass is 311 g/mol. The molecule has 2 aliphatic heterocycles. The van der Waals surface area contributed by atoms with Crippen molar-refractivity contribution >= 4 is 17.1 Å². The van der Waals surface area contributed by atoms with Gasteiger partial charge < -0.3 is 15.4 Å². The molecule has 2 heterocycles. The molecule has 1 aliphatic carbocycles. The number of amidine groups is 1. The van der Waals surface area contributed by atoms with E-state index in [4.69, 9.17) is 15.5 Å². The number of allylic oxidation sites excluding steroid dienone is 1. The van der Waals surface area contributed by atoms with E-state index < -0.39 is 0 Å². The molecule has 0 saturated heterocycles. The van der Waals surface area contributed by atoms with Crippen LogP contribution in [-0.4, -0.2) is 38.0 Å². The molecule has 3 aliphatic rings. The highest BCUT2D eigenvalue weighted by Gasteiger charge is 2.47. The summed E-state index contributed by atoms with van der Waals surface area (Å²) >= 11 is 0. The summed E-state index contributed by atoms with van der Waals surface area (Å²) in [5.74, 6) is 1.77. The van der Waals surface area contributed by atoms with Crippen LogP contribution in [0, 0.1) is 0 Å². The van der Waals surface area contributed by atoms with Crippen LogP contribution in [-0.2, 0) is 5.41 Å². The zero-order valence-electron chi connectivity index (χ0n) is 14.1. The first-order chi connectivity index (χ1) is 11.1. The number of nitrogens with zero attached hydrogens (tertiary/aromatic N) is 2. The fourth-order valence-corrected chi connectivity index (χ4v) is 4.14. The number of hydrogen-bond donors (Lipinski definition) is 1. The molecule has 0 radical (unpaired) electrons. The van der Waals surface area contributed by atoms with E-state index in [0.717, 1.165) is 49.6 Å². The van der Waals surface area contributed by atoms with Gasteiger partial charge in [-0.15, -0.1) is 0 Å². The van der Waals surface area contributed by atoms with Crippen LogP contribution in [0.1, 0.15) is 43.2 Å². The van der Waals surface area contributed by atoms with Crippen molar-refractivity contribution in [2.45, 2.75) is 37.5 Å². The predicted octanol–water partition coefficient (Wildman–Crippen LogP) is 3.23. The molecule has 1 aromatic carbocycles. The summed E-state index contributed by atoms with van der Waals surface area (Å²) < 4.78 is 5.74. The normalized spacial score (nSPS) is 22.9. The number of nitrogens with two attached hydrogens (primary N) is 1. The van der Waals surface area contributed by atoms with E-state index in [1.165, 1.54) is 29.5 Å². The van der Waals surface area contributed by atoms with Gasteiger partial charge in [0.1, 0.15) is 11.6 Å². The van der Waals surface area contributed by atoms with E-state index >= 15 is 0 Å². The van der Waals surface area contributed by atoms with Crippen molar-refractivity contribution in [3.05, 3.63) is 29.3 Å². The van der Waals surface area contributed by atoms with Crippen LogP contribution >= 0.6 is 0 Å². The Bertz CT molecular complexity index is 701. The summed E-state index contributed by atoms with van der Waals surface area (Å²) in [6.07, 6.45) is 8.06. The standard InChI is InChI=1S/C19H25N3O/c1-22-9-3-5-13(6-10-22)14-11-16-15(12-17(14)23-2)19(7-4-8-19)18(20)21-16/h6,11-12H,3-5,7-10H2,1-2H3,(H2,20,21). The van der Waals surface area contributed by atoms with Crippen molar-refractivity contribution in [3.8, 4) is 5.75 Å². The highest BCUT2D eigenvalue weighted by Crippen LogP contribution is 2.53. The van der Waals surface area contributed by atoms with Crippen LogP contribution in [0.4, 0.5) is 5.69 Å². The first-order valence-corrected chi connectivity index (χ1v) is 8.59. The molecule has 1 saturated carbocycles. The lowest BCUT2D eigenvalue weighted by molar-refractivity contribution is 0.342. The van der Waals surface area contributed by atoms with Crippen LogP contribution in [0.2, 0.25) is 0 Å². The number of fused-ring (bicyclic) bond motifs is 2. The quantitative estimate of drug-likeness (QED) is 0.912. The number of aliphatic imine (C=N–C) groups is 1. The Hall–Kier alpha value is -1.81. The van der Waals surface area contributed by atoms with E-state index in [2.05, 4.69) is 30.2 Å². The second-order valence-corrected chi connectivity index (χ2v) is 7.10. The van der Waals surface area contributed by atoms with Gasteiger partial charge >= 0.3 is 0 Å². The number of benzene rings is 1. The molecule has 2 N–H and O–H groups in total. The lowest BCUT2D eigenvalue weighted by Gasteiger charge is -2.39. The molecule has 0 atom stereocenters. The summed E-state index contributed by atoms with van der Waals surface area (Å²) in [4.78, 5) is 7.05. The average Bonchev–Trinajstić information content (AvgIpc) is 2.63. The Morgan fingerprint density at radius 3 is 2.78 bits per heavy atom. The molecule has 1 aromatic rings. The minimum absolute atomic E-state index is 0.000798. The maximum atomic E-state index is 6.28. The second-order valence-electron chi connectivity index (χ2n) is 7.10. The molecule has 1 fully saturated rings. The minimum Gasteiger partial charge on any atom is -0.496 e. The lowest BCUT2D eigenvalue weighted by Crippen LogP contribution is -2.44. The van der Waals surface area contributed by atoms with E-state index in [1.54, 1.807) is 7.11 Å². The average molecular weight is 311 g/mol. The third-order valence-electron chi connectivity index (χ3n) is 5.75. The number of hydrogen-bond acceptors (Lipinski definition) is 4. The van der Waals surface area contributed by atoms with Gasteiger partial charge in [-0.3, -0.25) is 0 Å². The Kier molecular flexibility index (Phi) is 3.45. The van der Waals surface area contributed by atoms with Crippen molar-refractivity contribution in [2.75, 3.05) is 27.2 Å². The van der Waals surface area contributed by atoms with Gasteiger partial charge in [-0.05, 0) is 62.5 Å². The van der Waals surface area contributed by atoms with Gasteiger partial charge in [-0.25, -0.2) is 4.99 Å². The lowest BCUT2D eigenvalue weighted by atomic mass is 9.64. The molecule has 23 heavy (non-hydrogen) atoms. The molecular formula is C19H25N3O.